The standard InChI is InChI=1S/C26H23Cl2F3N2O3/c1-3-15-24(2)25(35,17-5-4-6-22(16-17)36-26(29,30)31)33(21-13-9-19(28)10-14-21)23(34)32(24)20-11-7-18(27)8-12-20/h4-14,16,35H,3,15H2,1-2H3/t24-,25?/m1/s1. The summed E-state index contributed by atoms with van der Waals surface area (Å²) in [6, 6.07) is 17.3. The Morgan fingerprint density at radius 3 is 1.94 bits per heavy atom. The number of rotatable bonds is 6. The molecule has 0 saturated carbocycles. The SMILES string of the molecule is CCC[C@@]1(C)N(c2ccc(Cl)cc2)C(=O)N(c2ccc(Cl)cc2)C1(O)c1cccc(OC(F)(F)F)c1. The van der Waals surface area contributed by atoms with Gasteiger partial charge in [0, 0.05) is 27.0 Å². The Morgan fingerprint density at radius 1 is 0.917 bits per heavy atom. The number of halogens is 5. The third kappa shape index (κ3) is 4.49. The number of urea groups is 1. The molecule has 1 unspecified atom stereocenters. The van der Waals surface area contributed by atoms with Crippen molar-refractivity contribution >= 4 is 40.6 Å². The van der Waals surface area contributed by atoms with E-state index in [0.29, 0.717) is 34.3 Å². The summed E-state index contributed by atoms with van der Waals surface area (Å²) in [5.41, 5.74) is -2.58. The lowest BCUT2D eigenvalue weighted by Crippen LogP contribution is -2.58. The monoisotopic (exact) mass is 538 g/mol. The van der Waals surface area contributed by atoms with Crippen LogP contribution in [0.1, 0.15) is 32.3 Å². The average Bonchev–Trinajstić information content (AvgIpc) is 2.98. The number of carbonyl (C=O) groups is 1. The first-order valence-corrected chi connectivity index (χ1v) is 11.9. The number of ether oxygens (including phenoxy) is 1. The van der Waals surface area contributed by atoms with Crippen LogP contribution in [0.15, 0.2) is 72.8 Å². The number of hydrogen-bond donors (Lipinski definition) is 1. The first-order chi connectivity index (χ1) is 16.9. The molecule has 1 fully saturated rings. The third-order valence-electron chi connectivity index (χ3n) is 6.33. The number of nitrogens with zero attached hydrogens (tertiary/aromatic N) is 2. The summed E-state index contributed by atoms with van der Waals surface area (Å²) in [6.45, 7) is 3.60. The van der Waals surface area contributed by atoms with E-state index in [1.54, 1.807) is 55.5 Å². The highest BCUT2D eigenvalue weighted by Crippen LogP contribution is 2.53. The minimum Gasteiger partial charge on any atom is -0.406 e. The van der Waals surface area contributed by atoms with Crippen LogP contribution < -0.4 is 14.5 Å². The molecule has 0 radical (unpaired) electrons. The van der Waals surface area contributed by atoms with Gasteiger partial charge in [-0.1, -0.05) is 48.7 Å². The van der Waals surface area contributed by atoms with E-state index in [0.717, 1.165) is 12.1 Å². The molecule has 0 aromatic heterocycles. The van der Waals surface area contributed by atoms with Crippen LogP contribution in [0.2, 0.25) is 10.0 Å². The summed E-state index contributed by atoms with van der Waals surface area (Å²) in [6.07, 6.45) is -4.06. The summed E-state index contributed by atoms with van der Waals surface area (Å²) in [4.78, 5) is 16.7. The van der Waals surface area contributed by atoms with Crippen molar-refractivity contribution in [3.05, 3.63) is 88.4 Å². The molecule has 1 heterocycles. The lowest BCUT2D eigenvalue weighted by atomic mass is 9.78. The van der Waals surface area contributed by atoms with Crippen LogP contribution in [-0.2, 0) is 5.72 Å². The van der Waals surface area contributed by atoms with Gasteiger partial charge in [0.25, 0.3) is 0 Å². The number of benzene rings is 3. The Kier molecular flexibility index (Phi) is 6.90. The van der Waals surface area contributed by atoms with E-state index in [9.17, 15) is 23.1 Å². The molecule has 2 amide bonds. The molecule has 1 aliphatic heterocycles. The van der Waals surface area contributed by atoms with Gasteiger partial charge in [-0.15, -0.1) is 13.2 Å². The molecule has 36 heavy (non-hydrogen) atoms. The molecule has 10 heteroatoms. The van der Waals surface area contributed by atoms with Gasteiger partial charge < -0.3 is 9.84 Å². The maximum Gasteiger partial charge on any atom is 0.573 e. The number of alkyl halides is 3. The number of anilines is 2. The summed E-state index contributed by atoms with van der Waals surface area (Å²) >= 11 is 12.1. The molecule has 0 aliphatic carbocycles. The Hall–Kier alpha value is -2.94. The Morgan fingerprint density at radius 2 is 1.44 bits per heavy atom. The van der Waals surface area contributed by atoms with Gasteiger partial charge in [-0.2, -0.15) is 0 Å². The third-order valence-corrected chi connectivity index (χ3v) is 6.83. The Labute approximate surface area is 216 Å². The van der Waals surface area contributed by atoms with E-state index < -0.39 is 29.4 Å². The second-order valence-corrected chi connectivity index (χ2v) is 9.55. The fourth-order valence-corrected chi connectivity index (χ4v) is 5.09. The van der Waals surface area contributed by atoms with Gasteiger partial charge >= 0.3 is 12.4 Å². The quantitative estimate of drug-likeness (QED) is 0.349. The summed E-state index contributed by atoms with van der Waals surface area (Å²) < 4.78 is 43.1. The van der Waals surface area contributed by atoms with Gasteiger partial charge in [-0.3, -0.25) is 9.80 Å². The number of amides is 2. The molecule has 1 saturated heterocycles. The molecule has 5 nitrogen and oxygen atoms in total. The van der Waals surface area contributed by atoms with Crippen LogP contribution in [-0.4, -0.2) is 23.0 Å². The summed E-state index contributed by atoms with van der Waals surface area (Å²) in [5, 5.41) is 13.4. The van der Waals surface area contributed by atoms with Crippen LogP contribution in [0.5, 0.6) is 5.75 Å². The lowest BCUT2D eigenvalue weighted by Gasteiger charge is -2.45. The summed E-state index contributed by atoms with van der Waals surface area (Å²) in [5.74, 6) is -0.513. The first-order valence-electron chi connectivity index (χ1n) is 11.1. The van der Waals surface area contributed by atoms with Crippen molar-refractivity contribution in [2.75, 3.05) is 9.80 Å². The van der Waals surface area contributed by atoms with E-state index in [1.807, 2.05) is 6.92 Å². The van der Waals surface area contributed by atoms with Crippen molar-refractivity contribution in [2.24, 2.45) is 0 Å². The number of carbonyl (C=O) groups excluding carboxylic acids is 1. The average molecular weight is 539 g/mol. The van der Waals surface area contributed by atoms with Crippen molar-refractivity contribution in [3.63, 3.8) is 0 Å². The zero-order valence-electron chi connectivity index (χ0n) is 19.4. The molecule has 2 atom stereocenters. The zero-order chi connectivity index (χ0) is 26.3. The summed E-state index contributed by atoms with van der Waals surface area (Å²) in [7, 11) is 0. The van der Waals surface area contributed by atoms with Crippen LogP contribution >= 0.6 is 23.2 Å². The van der Waals surface area contributed by atoms with Gasteiger partial charge in [0.05, 0.1) is 5.54 Å². The van der Waals surface area contributed by atoms with Crippen molar-refractivity contribution < 1.29 is 27.8 Å². The number of aliphatic hydroxyl groups is 1. The molecule has 1 N–H and O–H groups in total. The fraction of sp³-hybridized carbons (Fsp3) is 0.269. The predicted molar refractivity (Wildman–Crippen MR) is 134 cm³/mol. The van der Waals surface area contributed by atoms with Crippen LogP contribution in [0.4, 0.5) is 29.3 Å². The predicted octanol–water partition coefficient (Wildman–Crippen LogP) is 7.74. The van der Waals surface area contributed by atoms with Crippen molar-refractivity contribution in [3.8, 4) is 5.75 Å². The van der Waals surface area contributed by atoms with Gasteiger partial charge in [0.15, 0.2) is 5.72 Å². The van der Waals surface area contributed by atoms with E-state index >= 15 is 0 Å². The molecule has 3 aromatic carbocycles. The van der Waals surface area contributed by atoms with E-state index in [-0.39, 0.29) is 5.56 Å². The molecule has 0 bridgehead atoms. The maximum atomic E-state index is 14.1. The van der Waals surface area contributed by atoms with Gasteiger partial charge in [-0.25, -0.2) is 4.79 Å². The van der Waals surface area contributed by atoms with Gasteiger partial charge in [-0.05, 0) is 74.0 Å². The highest BCUT2D eigenvalue weighted by molar-refractivity contribution is 6.31. The maximum absolute atomic E-state index is 14.1. The molecule has 1 aliphatic rings. The Bertz CT molecular complexity index is 1250. The largest absolute Gasteiger partial charge is 0.573 e. The van der Waals surface area contributed by atoms with E-state index in [2.05, 4.69) is 4.74 Å². The van der Waals surface area contributed by atoms with Crippen molar-refractivity contribution in [1.82, 2.24) is 0 Å². The first kappa shape index (κ1) is 26.1. The minimum atomic E-state index is -4.93. The molecule has 0 spiro atoms. The minimum absolute atomic E-state index is 0.0555. The van der Waals surface area contributed by atoms with Crippen molar-refractivity contribution in [1.29, 1.82) is 0 Å². The molecule has 4 rings (SSSR count). The molecule has 190 valence electrons. The lowest BCUT2D eigenvalue weighted by molar-refractivity contribution is -0.274. The highest BCUT2D eigenvalue weighted by atomic mass is 35.5. The molecular weight excluding hydrogens is 516 g/mol. The fourth-order valence-electron chi connectivity index (χ4n) is 4.84. The topological polar surface area (TPSA) is 53.0 Å². The molecule has 3 aromatic rings. The van der Waals surface area contributed by atoms with E-state index in [1.165, 1.54) is 21.9 Å². The van der Waals surface area contributed by atoms with Crippen LogP contribution in [0, 0.1) is 0 Å². The Balaban J connectivity index is 1.98. The van der Waals surface area contributed by atoms with Crippen LogP contribution in [0.25, 0.3) is 0 Å². The molecular formula is C26H23Cl2F3N2O3. The zero-order valence-corrected chi connectivity index (χ0v) is 20.9. The second-order valence-electron chi connectivity index (χ2n) is 8.68. The van der Waals surface area contributed by atoms with Crippen molar-refractivity contribution in [2.45, 2.75) is 44.3 Å². The number of hydrogen-bond acceptors (Lipinski definition) is 3. The normalized spacial score (nSPS) is 22.3. The van der Waals surface area contributed by atoms with E-state index in [4.69, 9.17) is 23.2 Å². The highest BCUT2D eigenvalue weighted by Gasteiger charge is 2.65. The van der Waals surface area contributed by atoms with Crippen LogP contribution in [0.3, 0.4) is 0 Å². The van der Waals surface area contributed by atoms with Gasteiger partial charge in [0.2, 0.25) is 0 Å². The van der Waals surface area contributed by atoms with Gasteiger partial charge in [0.1, 0.15) is 5.75 Å². The smallest absolute Gasteiger partial charge is 0.406 e. The second kappa shape index (κ2) is 9.50.